The van der Waals surface area contributed by atoms with Gasteiger partial charge in [0.05, 0.1) is 22.8 Å². The lowest BCUT2D eigenvalue weighted by atomic mass is 10.2. The molecule has 1 heterocycles. The molecule has 1 aromatic heterocycles. The maximum absolute atomic E-state index is 11.7. The van der Waals surface area contributed by atoms with E-state index in [1.807, 2.05) is 0 Å². The summed E-state index contributed by atoms with van der Waals surface area (Å²) in [6.07, 6.45) is -0.104. The molecule has 0 saturated carbocycles. The number of carbonyl (C=O) groups is 1. The van der Waals surface area contributed by atoms with Crippen molar-refractivity contribution >= 4 is 27.1 Å². The summed E-state index contributed by atoms with van der Waals surface area (Å²) in [6.45, 7) is 1.60. The first-order valence-electron chi connectivity index (χ1n) is 5.92. The minimum atomic E-state index is -3.20. The molecule has 2 rings (SSSR count). The Balaban J connectivity index is 2.26. The largest absolute Gasteiger partial charge is 0.481 e. The lowest BCUT2D eigenvalue weighted by Crippen LogP contribution is -2.03. The summed E-state index contributed by atoms with van der Waals surface area (Å²) < 4.78 is 23.4. The van der Waals surface area contributed by atoms with Crippen molar-refractivity contribution in [2.45, 2.75) is 18.2 Å². The van der Waals surface area contributed by atoms with Crippen LogP contribution in [0.5, 0.6) is 0 Å². The highest BCUT2D eigenvalue weighted by Crippen LogP contribution is 2.24. The normalized spacial score (nSPS) is 11.4. The van der Waals surface area contributed by atoms with Crippen molar-refractivity contribution in [3.8, 4) is 11.3 Å². The zero-order valence-corrected chi connectivity index (χ0v) is 12.4. The molecule has 0 fully saturated rings. The standard InChI is InChI=1S/C13H13NO4S2/c1-2-20(17,18)10-5-3-9(4-6-10)11-8-19-12(14-11)7-13(15)16/h3-6,8H,2,7H2,1H3,(H,15,16). The molecule has 1 N–H and O–H groups in total. The van der Waals surface area contributed by atoms with Gasteiger partial charge in [-0.05, 0) is 12.1 Å². The van der Waals surface area contributed by atoms with Crippen molar-refractivity contribution in [2.75, 3.05) is 5.75 Å². The quantitative estimate of drug-likeness (QED) is 0.915. The first-order chi connectivity index (χ1) is 9.42. The van der Waals surface area contributed by atoms with Gasteiger partial charge in [-0.2, -0.15) is 0 Å². The second kappa shape index (κ2) is 5.72. The van der Waals surface area contributed by atoms with Crippen molar-refractivity contribution in [1.82, 2.24) is 4.98 Å². The van der Waals surface area contributed by atoms with Crippen LogP contribution in [0.4, 0.5) is 0 Å². The number of rotatable bonds is 5. The summed E-state index contributed by atoms with van der Waals surface area (Å²) in [5.74, 6) is -0.860. The van der Waals surface area contributed by atoms with Gasteiger partial charge in [-0.1, -0.05) is 19.1 Å². The van der Waals surface area contributed by atoms with Crippen molar-refractivity contribution in [1.29, 1.82) is 0 Å². The van der Waals surface area contributed by atoms with Gasteiger partial charge in [-0.3, -0.25) is 4.79 Å². The topological polar surface area (TPSA) is 84.3 Å². The highest BCUT2D eigenvalue weighted by atomic mass is 32.2. The summed E-state index contributed by atoms with van der Waals surface area (Å²) >= 11 is 1.28. The Bertz CT molecular complexity index is 717. The molecule has 2 aromatic rings. The van der Waals surface area contributed by atoms with Gasteiger partial charge in [0.1, 0.15) is 5.01 Å². The molecule has 0 aliphatic heterocycles. The molecule has 0 amide bonds. The number of thiazole rings is 1. The van der Waals surface area contributed by atoms with Gasteiger partial charge < -0.3 is 5.11 Å². The summed E-state index contributed by atoms with van der Waals surface area (Å²) in [5.41, 5.74) is 1.43. The Hall–Kier alpha value is -1.73. The number of hydrogen-bond acceptors (Lipinski definition) is 5. The van der Waals surface area contributed by atoms with E-state index in [0.717, 1.165) is 5.56 Å². The van der Waals surface area contributed by atoms with Crippen LogP contribution < -0.4 is 0 Å². The monoisotopic (exact) mass is 311 g/mol. The van der Waals surface area contributed by atoms with Crippen LogP contribution in [0.25, 0.3) is 11.3 Å². The highest BCUT2D eigenvalue weighted by Gasteiger charge is 2.12. The molecule has 0 saturated heterocycles. The molecule has 1 aromatic carbocycles. The molecule has 0 atom stereocenters. The summed E-state index contributed by atoms with van der Waals surface area (Å²) in [4.78, 5) is 15.1. The van der Waals surface area contributed by atoms with Crippen LogP contribution in [-0.4, -0.2) is 30.2 Å². The van der Waals surface area contributed by atoms with Gasteiger partial charge in [0.15, 0.2) is 9.84 Å². The Morgan fingerprint density at radius 1 is 1.30 bits per heavy atom. The predicted molar refractivity (Wildman–Crippen MR) is 76.6 cm³/mol. The highest BCUT2D eigenvalue weighted by molar-refractivity contribution is 7.91. The van der Waals surface area contributed by atoms with E-state index in [0.29, 0.717) is 10.7 Å². The van der Waals surface area contributed by atoms with E-state index in [-0.39, 0.29) is 17.1 Å². The molecule has 0 aliphatic carbocycles. The van der Waals surface area contributed by atoms with Crippen molar-refractivity contribution < 1.29 is 18.3 Å². The van der Waals surface area contributed by atoms with Crippen LogP contribution in [0.3, 0.4) is 0 Å². The third kappa shape index (κ3) is 3.23. The fraction of sp³-hybridized carbons (Fsp3) is 0.231. The number of carboxylic acids is 1. The number of carboxylic acid groups (broad SMARTS) is 1. The first-order valence-corrected chi connectivity index (χ1v) is 8.45. The Labute approximate surface area is 120 Å². The Morgan fingerprint density at radius 2 is 1.95 bits per heavy atom. The van der Waals surface area contributed by atoms with Crippen molar-refractivity contribution in [3.63, 3.8) is 0 Å². The van der Waals surface area contributed by atoms with Crippen LogP contribution in [0.2, 0.25) is 0 Å². The van der Waals surface area contributed by atoms with Crippen LogP contribution in [0, 0.1) is 0 Å². The molecular formula is C13H13NO4S2. The van der Waals surface area contributed by atoms with E-state index in [1.54, 1.807) is 36.6 Å². The molecule has 0 radical (unpaired) electrons. The van der Waals surface area contributed by atoms with Crippen molar-refractivity contribution in [2.24, 2.45) is 0 Å². The lowest BCUT2D eigenvalue weighted by Gasteiger charge is -2.02. The summed E-state index contributed by atoms with van der Waals surface area (Å²) in [7, 11) is -3.20. The van der Waals surface area contributed by atoms with E-state index in [9.17, 15) is 13.2 Å². The molecular weight excluding hydrogens is 298 g/mol. The molecule has 5 nitrogen and oxygen atoms in total. The minimum Gasteiger partial charge on any atom is -0.481 e. The van der Waals surface area contributed by atoms with E-state index in [1.165, 1.54) is 11.3 Å². The smallest absolute Gasteiger partial charge is 0.310 e. The molecule has 0 spiro atoms. The number of sulfone groups is 1. The van der Waals surface area contributed by atoms with Gasteiger partial charge >= 0.3 is 5.97 Å². The molecule has 20 heavy (non-hydrogen) atoms. The SMILES string of the molecule is CCS(=O)(=O)c1ccc(-c2csc(CC(=O)O)n2)cc1. The second-order valence-corrected chi connectivity index (χ2v) is 7.35. The first kappa shape index (κ1) is 14.7. The zero-order chi connectivity index (χ0) is 14.8. The third-order valence-corrected chi connectivity index (χ3v) is 5.34. The number of aromatic nitrogens is 1. The predicted octanol–water partition coefficient (Wildman–Crippen LogP) is 2.23. The third-order valence-electron chi connectivity index (χ3n) is 2.74. The average molecular weight is 311 g/mol. The maximum Gasteiger partial charge on any atom is 0.310 e. The Morgan fingerprint density at radius 3 is 2.50 bits per heavy atom. The fourth-order valence-corrected chi connectivity index (χ4v) is 3.33. The molecule has 0 unspecified atom stereocenters. The second-order valence-electron chi connectivity index (χ2n) is 4.12. The van der Waals surface area contributed by atoms with Crippen LogP contribution in [0.1, 0.15) is 11.9 Å². The summed E-state index contributed by atoms with van der Waals surface area (Å²) in [5, 5.41) is 11.0. The minimum absolute atomic E-state index is 0.0613. The van der Waals surface area contributed by atoms with E-state index in [4.69, 9.17) is 5.11 Å². The van der Waals surface area contributed by atoms with E-state index < -0.39 is 15.8 Å². The van der Waals surface area contributed by atoms with E-state index in [2.05, 4.69) is 4.98 Å². The van der Waals surface area contributed by atoms with Crippen molar-refractivity contribution in [3.05, 3.63) is 34.7 Å². The van der Waals surface area contributed by atoms with Crippen LogP contribution in [-0.2, 0) is 21.1 Å². The molecule has 7 heteroatoms. The fourth-order valence-electron chi connectivity index (χ4n) is 1.65. The number of aliphatic carboxylic acids is 1. The number of hydrogen-bond donors (Lipinski definition) is 1. The van der Waals surface area contributed by atoms with Gasteiger partial charge in [0, 0.05) is 10.9 Å². The van der Waals surface area contributed by atoms with Gasteiger partial charge in [-0.25, -0.2) is 13.4 Å². The molecule has 0 aliphatic rings. The van der Waals surface area contributed by atoms with Gasteiger partial charge in [0.25, 0.3) is 0 Å². The average Bonchev–Trinajstić information content (AvgIpc) is 2.86. The van der Waals surface area contributed by atoms with E-state index >= 15 is 0 Å². The zero-order valence-electron chi connectivity index (χ0n) is 10.7. The molecule has 106 valence electrons. The summed E-state index contributed by atoms with van der Waals surface area (Å²) in [6, 6.07) is 6.46. The van der Waals surface area contributed by atoms with Crippen LogP contribution in [0.15, 0.2) is 34.5 Å². The van der Waals surface area contributed by atoms with Gasteiger partial charge in [0.2, 0.25) is 0 Å². The number of benzene rings is 1. The Kier molecular flexibility index (Phi) is 4.20. The number of nitrogens with zero attached hydrogens (tertiary/aromatic N) is 1. The lowest BCUT2D eigenvalue weighted by molar-refractivity contribution is -0.136. The molecule has 0 bridgehead atoms. The maximum atomic E-state index is 11.7. The van der Waals surface area contributed by atoms with Crippen LogP contribution >= 0.6 is 11.3 Å². The van der Waals surface area contributed by atoms with Gasteiger partial charge in [-0.15, -0.1) is 11.3 Å².